The summed E-state index contributed by atoms with van der Waals surface area (Å²) in [5.41, 5.74) is 1.32. The molecular weight excluding hydrogens is 281 g/mol. The number of nitrogens with one attached hydrogen (secondary N) is 2. The van der Waals surface area contributed by atoms with Gasteiger partial charge in [-0.3, -0.25) is 4.79 Å². The van der Waals surface area contributed by atoms with Gasteiger partial charge in [0.15, 0.2) is 11.6 Å². The van der Waals surface area contributed by atoms with Gasteiger partial charge in [0, 0.05) is 36.5 Å². The number of anilines is 2. The Morgan fingerprint density at radius 3 is 2.14 bits per heavy atom. The van der Waals surface area contributed by atoms with Crippen molar-refractivity contribution in [1.82, 2.24) is 0 Å². The highest BCUT2D eigenvalue weighted by atomic mass is 19.2. The van der Waals surface area contributed by atoms with E-state index in [0.29, 0.717) is 17.4 Å². The van der Waals surface area contributed by atoms with Crippen molar-refractivity contribution in [3.63, 3.8) is 0 Å². The van der Waals surface area contributed by atoms with Crippen LogP contribution in [0.5, 0.6) is 0 Å². The Balaban J connectivity index is 2.03. The molecule has 0 aliphatic carbocycles. The van der Waals surface area contributed by atoms with E-state index in [1.54, 1.807) is 24.3 Å². The van der Waals surface area contributed by atoms with E-state index >= 15 is 0 Å². The van der Waals surface area contributed by atoms with Crippen molar-refractivity contribution in [3.8, 4) is 0 Å². The highest BCUT2D eigenvalue weighted by molar-refractivity contribution is 5.88. The Hall–Kier alpha value is -2.50. The Bertz CT molecular complexity index is 657. The van der Waals surface area contributed by atoms with Crippen LogP contribution >= 0.6 is 0 Å². The molecule has 0 bridgehead atoms. The Kier molecular flexibility index (Phi) is 4.47. The first-order chi connectivity index (χ1) is 9.95. The number of hydrogen-bond acceptors (Lipinski definition) is 2. The zero-order valence-electron chi connectivity index (χ0n) is 11.2. The van der Waals surface area contributed by atoms with Crippen molar-refractivity contribution < 1.29 is 18.0 Å². The second-order valence-electron chi connectivity index (χ2n) is 4.47. The molecule has 2 aromatic carbocycles. The Morgan fingerprint density at radius 1 is 0.952 bits per heavy atom. The van der Waals surface area contributed by atoms with Crippen LogP contribution in [0.2, 0.25) is 0 Å². The van der Waals surface area contributed by atoms with Gasteiger partial charge in [0.25, 0.3) is 0 Å². The lowest BCUT2D eigenvalue weighted by atomic mass is 10.2. The molecule has 2 N–H and O–H groups in total. The van der Waals surface area contributed by atoms with Crippen LogP contribution < -0.4 is 10.6 Å². The second kappa shape index (κ2) is 6.30. The fraction of sp³-hybridized carbons (Fsp3) is 0.133. The van der Waals surface area contributed by atoms with Crippen LogP contribution in [0, 0.1) is 17.5 Å². The first-order valence-corrected chi connectivity index (χ1v) is 6.20. The molecule has 0 aromatic heterocycles. The number of amides is 1. The number of carbonyl (C=O) groups is 1. The summed E-state index contributed by atoms with van der Waals surface area (Å²) < 4.78 is 39.3. The summed E-state index contributed by atoms with van der Waals surface area (Å²) in [6, 6.07) is 8.05. The van der Waals surface area contributed by atoms with Crippen LogP contribution in [0.25, 0.3) is 0 Å². The van der Waals surface area contributed by atoms with Crippen LogP contribution in [0.4, 0.5) is 24.5 Å². The molecule has 2 aromatic rings. The molecule has 0 fully saturated rings. The maximum absolute atomic E-state index is 13.4. The van der Waals surface area contributed by atoms with Crippen molar-refractivity contribution >= 4 is 17.3 Å². The molecule has 21 heavy (non-hydrogen) atoms. The zero-order chi connectivity index (χ0) is 15.4. The molecule has 3 nitrogen and oxygen atoms in total. The minimum Gasteiger partial charge on any atom is -0.381 e. The van der Waals surface area contributed by atoms with E-state index in [0.717, 1.165) is 6.07 Å². The normalized spacial score (nSPS) is 10.3. The SMILES string of the molecule is CC(=O)Nc1ccc(NCc2cc(F)c(F)cc2F)cc1. The summed E-state index contributed by atoms with van der Waals surface area (Å²) >= 11 is 0. The number of hydrogen-bond donors (Lipinski definition) is 2. The van der Waals surface area contributed by atoms with E-state index < -0.39 is 17.5 Å². The smallest absolute Gasteiger partial charge is 0.221 e. The summed E-state index contributed by atoms with van der Waals surface area (Å²) in [7, 11) is 0. The van der Waals surface area contributed by atoms with Gasteiger partial charge >= 0.3 is 0 Å². The predicted molar refractivity (Wildman–Crippen MR) is 74.4 cm³/mol. The van der Waals surface area contributed by atoms with E-state index in [-0.39, 0.29) is 18.0 Å². The van der Waals surface area contributed by atoms with Gasteiger partial charge < -0.3 is 10.6 Å². The van der Waals surface area contributed by atoms with E-state index in [2.05, 4.69) is 10.6 Å². The van der Waals surface area contributed by atoms with Crippen molar-refractivity contribution in [3.05, 3.63) is 59.4 Å². The van der Waals surface area contributed by atoms with Gasteiger partial charge in [-0.2, -0.15) is 0 Å². The third kappa shape index (κ3) is 3.98. The summed E-state index contributed by atoms with van der Waals surface area (Å²) in [4.78, 5) is 10.9. The maximum atomic E-state index is 13.4. The third-order valence-electron chi connectivity index (χ3n) is 2.78. The molecule has 0 spiro atoms. The Morgan fingerprint density at radius 2 is 1.52 bits per heavy atom. The monoisotopic (exact) mass is 294 g/mol. The highest BCUT2D eigenvalue weighted by Gasteiger charge is 2.09. The van der Waals surface area contributed by atoms with Crippen LogP contribution in [-0.4, -0.2) is 5.91 Å². The van der Waals surface area contributed by atoms with E-state index in [1.807, 2.05) is 0 Å². The van der Waals surface area contributed by atoms with Gasteiger partial charge in [-0.05, 0) is 30.3 Å². The molecule has 6 heteroatoms. The van der Waals surface area contributed by atoms with Gasteiger partial charge in [0.2, 0.25) is 5.91 Å². The van der Waals surface area contributed by atoms with Crippen molar-refractivity contribution in [2.75, 3.05) is 10.6 Å². The number of rotatable bonds is 4. The molecule has 0 aliphatic heterocycles. The fourth-order valence-electron chi connectivity index (χ4n) is 1.77. The van der Waals surface area contributed by atoms with Gasteiger partial charge in [-0.15, -0.1) is 0 Å². The number of benzene rings is 2. The Labute approximate surface area is 119 Å². The average Bonchev–Trinajstić information content (AvgIpc) is 2.42. The fourth-order valence-corrected chi connectivity index (χ4v) is 1.77. The second-order valence-corrected chi connectivity index (χ2v) is 4.47. The lowest BCUT2D eigenvalue weighted by Gasteiger charge is -2.09. The summed E-state index contributed by atoms with van der Waals surface area (Å²) in [6.45, 7) is 1.42. The van der Waals surface area contributed by atoms with Crippen LogP contribution in [0.15, 0.2) is 36.4 Å². The highest BCUT2D eigenvalue weighted by Crippen LogP contribution is 2.17. The molecule has 0 heterocycles. The van der Waals surface area contributed by atoms with Crippen molar-refractivity contribution in [2.24, 2.45) is 0 Å². The molecule has 2 rings (SSSR count). The molecule has 0 aliphatic rings. The van der Waals surface area contributed by atoms with E-state index in [9.17, 15) is 18.0 Å². The van der Waals surface area contributed by atoms with Crippen molar-refractivity contribution in [2.45, 2.75) is 13.5 Å². The van der Waals surface area contributed by atoms with Crippen molar-refractivity contribution in [1.29, 1.82) is 0 Å². The molecule has 0 saturated carbocycles. The topological polar surface area (TPSA) is 41.1 Å². The lowest BCUT2D eigenvalue weighted by molar-refractivity contribution is -0.114. The summed E-state index contributed by atoms with van der Waals surface area (Å²) in [5.74, 6) is -3.29. The zero-order valence-corrected chi connectivity index (χ0v) is 11.2. The van der Waals surface area contributed by atoms with Gasteiger partial charge in [-0.25, -0.2) is 13.2 Å². The predicted octanol–water partition coefficient (Wildman–Crippen LogP) is 3.67. The van der Waals surface area contributed by atoms with Crippen LogP contribution in [0.3, 0.4) is 0 Å². The molecule has 0 unspecified atom stereocenters. The van der Waals surface area contributed by atoms with Crippen LogP contribution in [0.1, 0.15) is 12.5 Å². The summed E-state index contributed by atoms with van der Waals surface area (Å²) in [6.07, 6.45) is 0. The standard InChI is InChI=1S/C15H13F3N2O/c1-9(21)20-12-4-2-11(3-5-12)19-8-10-6-14(17)15(18)7-13(10)16/h2-7,19H,8H2,1H3,(H,20,21). The van der Waals surface area contributed by atoms with Gasteiger partial charge in [-0.1, -0.05) is 0 Å². The van der Waals surface area contributed by atoms with E-state index in [4.69, 9.17) is 0 Å². The molecule has 0 atom stereocenters. The minimum atomic E-state index is -1.21. The molecule has 1 amide bonds. The minimum absolute atomic E-state index is 0.0164. The molecular formula is C15H13F3N2O. The van der Waals surface area contributed by atoms with E-state index in [1.165, 1.54) is 6.92 Å². The number of carbonyl (C=O) groups excluding carboxylic acids is 1. The first-order valence-electron chi connectivity index (χ1n) is 6.20. The average molecular weight is 294 g/mol. The molecule has 0 radical (unpaired) electrons. The third-order valence-corrected chi connectivity index (χ3v) is 2.78. The summed E-state index contributed by atoms with van der Waals surface area (Å²) in [5, 5.41) is 5.50. The quantitative estimate of drug-likeness (QED) is 0.845. The maximum Gasteiger partial charge on any atom is 0.221 e. The molecule has 110 valence electrons. The lowest BCUT2D eigenvalue weighted by Crippen LogP contribution is -2.06. The van der Waals surface area contributed by atoms with Crippen LogP contribution in [-0.2, 0) is 11.3 Å². The number of halogens is 3. The first kappa shape index (κ1) is 14.9. The van der Waals surface area contributed by atoms with Gasteiger partial charge in [0.05, 0.1) is 0 Å². The largest absolute Gasteiger partial charge is 0.381 e. The van der Waals surface area contributed by atoms with Gasteiger partial charge in [0.1, 0.15) is 5.82 Å². The molecule has 0 saturated heterocycles.